The van der Waals surface area contributed by atoms with Gasteiger partial charge in [-0.2, -0.15) is 0 Å². The predicted octanol–water partition coefficient (Wildman–Crippen LogP) is 1.40. The molecule has 9 heteroatoms. The second-order valence-electron chi connectivity index (χ2n) is 6.91. The SMILES string of the molecule is CC1NC(=O)CC(C(=O)N[C@@H](c2ccc3c(c2)OC(F)(F)O3)C2CC2)N1. The van der Waals surface area contributed by atoms with Crippen molar-refractivity contribution in [2.75, 3.05) is 0 Å². The van der Waals surface area contributed by atoms with Crippen molar-refractivity contribution in [1.82, 2.24) is 16.0 Å². The van der Waals surface area contributed by atoms with Crippen LogP contribution in [-0.2, 0) is 9.59 Å². The maximum atomic E-state index is 13.2. The number of fused-ring (bicyclic) bond motifs is 1. The van der Waals surface area contributed by atoms with Crippen LogP contribution in [0.15, 0.2) is 18.2 Å². The number of halogens is 2. The molecule has 1 aliphatic carbocycles. The molecule has 4 rings (SSSR count). The van der Waals surface area contributed by atoms with Gasteiger partial charge in [0.15, 0.2) is 11.5 Å². The van der Waals surface area contributed by atoms with Crippen LogP contribution in [0.25, 0.3) is 0 Å². The van der Waals surface area contributed by atoms with E-state index in [4.69, 9.17) is 0 Å². The lowest BCUT2D eigenvalue weighted by Gasteiger charge is -2.30. The van der Waals surface area contributed by atoms with E-state index in [2.05, 4.69) is 25.4 Å². The van der Waals surface area contributed by atoms with Gasteiger partial charge in [0.25, 0.3) is 0 Å². The molecule has 1 saturated carbocycles. The number of benzene rings is 1. The van der Waals surface area contributed by atoms with Crippen LogP contribution in [-0.4, -0.2) is 30.3 Å². The highest BCUT2D eigenvalue weighted by Gasteiger charge is 2.44. The molecule has 2 unspecified atom stereocenters. The molecule has 1 aromatic rings. The number of carbonyl (C=O) groups is 2. The van der Waals surface area contributed by atoms with Gasteiger partial charge >= 0.3 is 6.29 Å². The van der Waals surface area contributed by atoms with Crippen molar-refractivity contribution in [2.24, 2.45) is 5.92 Å². The monoisotopic (exact) mass is 367 g/mol. The van der Waals surface area contributed by atoms with Crippen molar-refractivity contribution < 1.29 is 27.8 Å². The summed E-state index contributed by atoms with van der Waals surface area (Å²) in [6, 6.07) is 3.59. The second-order valence-corrected chi connectivity index (χ2v) is 6.91. The summed E-state index contributed by atoms with van der Waals surface area (Å²) in [5.41, 5.74) is 0.675. The normalized spacial score (nSPS) is 27.6. The number of hydrogen-bond donors (Lipinski definition) is 3. The van der Waals surface area contributed by atoms with Crippen LogP contribution in [0.4, 0.5) is 8.78 Å². The Morgan fingerprint density at radius 1 is 1.31 bits per heavy atom. The first-order chi connectivity index (χ1) is 12.3. The molecule has 2 amide bonds. The highest BCUT2D eigenvalue weighted by Crippen LogP contribution is 2.46. The largest absolute Gasteiger partial charge is 0.586 e. The molecule has 3 aliphatic rings. The minimum absolute atomic E-state index is 0.0286. The summed E-state index contributed by atoms with van der Waals surface area (Å²) in [6.07, 6.45) is -2.04. The van der Waals surface area contributed by atoms with E-state index in [1.807, 2.05) is 0 Å². The average Bonchev–Trinajstić information content (AvgIpc) is 3.32. The van der Waals surface area contributed by atoms with E-state index < -0.39 is 12.3 Å². The third kappa shape index (κ3) is 3.44. The van der Waals surface area contributed by atoms with Crippen molar-refractivity contribution in [3.8, 4) is 11.5 Å². The zero-order valence-corrected chi connectivity index (χ0v) is 14.1. The zero-order chi connectivity index (χ0) is 18.5. The lowest BCUT2D eigenvalue weighted by Crippen LogP contribution is -2.59. The van der Waals surface area contributed by atoms with Crippen LogP contribution in [0.1, 0.15) is 37.8 Å². The van der Waals surface area contributed by atoms with E-state index in [9.17, 15) is 18.4 Å². The Kier molecular flexibility index (Phi) is 3.98. The van der Waals surface area contributed by atoms with Crippen molar-refractivity contribution in [3.05, 3.63) is 23.8 Å². The molecule has 0 bridgehead atoms. The van der Waals surface area contributed by atoms with Crippen molar-refractivity contribution in [2.45, 2.75) is 50.7 Å². The highest BCUT2D eigenvalue weighted by atomic mass is 19.3. The first kappa shape index (κ1) is 17.0. The van der Waals surface area contributed by atoms with Crippen LogP contribution in [0.5, 0.6) is 11.5 Å². The molecule has 2 heterocycles. The maximum Gasteiger partial charge on any atom is 0.586 e. The molecule has 0 aromatic heterocycles. The topological polar surface area (TPSA) is 88.7 Å². The molecule has 2 fully saturated rings. The summed E-state index contributed by atoms with van der Waals surface area (Å²) in [6.45, 7) is 1.76. The van der Waals surface area contributed by atoms with Crippen LogP contribution in [0.2, 0.25) is 0 Å². The first-order valence-electron chi connectivity index (χ1n) is 8.56. The Morgan fingerprint density at radius 2 is 2.04 bits per heavy atom. The number of amides is 2. The Labute approximate surface area is 148 Å². The lowest BCUT2D eigenvalue weighted by atomic mass is 10.0. The zero-order valence-electron chi connectivity index (χ0n) is 14.1. The van der Waals surface area contributed by atoms with Gasteiger partial charge in [0, 0.05) is 0 Å². The smallest absolute Gasteiger partial charge is 0.395 e. The Balaban J connectivity index is 1.51. The van der Waals surface area contributed by atoms with Gasteiger partial charge in [0.2, 0.25) is 11.8 Å². The van der Waals surface area contributed by atoms with E-state index >= 15 is 0 Å². The van der Waals surface area contributed by atoms with Crippen molar-refractivity contribution in [1.29, 1.82) is 0 Å². The fourth-order valence-electron chi connectivity index (χ4n) is 3.37. The number of nitrogens with one attached hydrogen (secondary N) is 3. The molecule has 7 nitrogen and oxygen atoms in total. The summed E-state index contributed by atoms with van der Waals surface area (Å²) < 4.78 is 35.3. The minimum atomic E-state index is -3.67. The van der Waals surface area contributed by atoms with E-state index in [0.717, 1.165) is 12.8 Å². The van der Waals surface area contributed by atoms with E-state index in [-0.39, 0.29) is 47.9 Å². The Hall–Kier alpha value is -2.42. The standard InChI is InChI=1S/C17H19F2N3O4/c1-8-20-11(7-14(23)21-8)16(24)22-15(9-2-3-9)10-4-5-12-13(6-10)26-17(18,19)25-12/h4-6,8-9,11,15,20H,2-3,7H2,1H3,(H,21,23)(H,22,24)/t8?,11?,15-/m1/s1. The summed E-state index contributed by atoms with van der Waals surface area (Å²) in [4.78, 5) is 24.3. The predicted molar refractivity (Wildman–Crippen MR) is 85.4 cm³/mol. The maximum absolute atomic E-state index is 13.2. The van der Waals surface area contributed by atoms with E-state index in [1.54, 1.807) is 13.0 Å². The fourth-order valence-corrected chi connectivity index (χ4v) is 3.37. The molecule has 1 saturated heterocycles. The quantitative estimate of drug-likeness (QED) is 0.749. The lowest BCUT2D eigenvalue weighted by molar-refractivity contribution is -0.286. The summed E-state index contributed by atoms with van der Waals surface area (Å²) >= 11 is 0. The minimum Gasteiger partial charge on any atom is -0.395 e. The molecule has 2 aliphatic heterocycles. The molecule has 3 N–H and O–H groups in total. The van der Waals surface area contributed by atoms with Gasteiger partial charge in [-0.25, -0.2) is 0 Å². The van der Waals surface area contributed by atoms with Gasteiger partial charge in [0.1, 0.15) is 0 Å². The van der Waals surface area contributed by atoms with Crippen molar-refractivity contribution >= 4 is 11.8 Å². The summed E-state index contributed by atoms with van der Waals surface area (Å²) in [5.74, 6) is -0.318. The van der Waals surface area contributed by atoms with Crippen molar-refractivity contribution in [3.63, 3.8) is 0 Å². The van der Waals surface area contributed by atoms with Crippen LogP contribution in [0.3, 0.4) is 0 Å². The van der Waals surface area contributed by atoms with Gasteiger partial charge in [0.05, 0.1) is 24.7 Å². The fraction of sp³-hybridized carbons (Fsp3) is 0.529. The third-order valence-electron chi connectivity index (χ3n) is 4.71. The van der Waals surface area contributed by atoms with E-state index in [1.165, 1.54) is 12.1 Å². The van der Waals surface area contributed by atoms with Gasteiger partial charge < -0.3 is 20.1 Å². The number of alkyl halides is 2. The summed E-state index contributed by atoms with van der Waals surface area (Å²) in [5, 5.41) is 8.67. The number of ether oxygens (including phenoxy) is 2. The number of hydrogen-bond acceptors (Lipinski definition) is 5. The van der Waals surface area contributed by atoms with Crippen LogP contribution < -0.4 is 25.4 Å². The average molecular weight is 367 g/mol. The summed E-state index contributed by atoms with van der Waals surface area (Å²) in [7, 11) is 0. The molecule has 0 radical (unpaired) electrons. The number of carbonyl (C=O) groups excluding carboxylic acids is 2. The van der Waals surface area contributed by atoms with Gasteiger partial charge in [-0.1, -0.05) is 6.07 Å². The highest BCUT2D eigenvalue weighted by molar-refractivity contribution is 5.89. The van der Waals surface area contributed by atoms with Crippen LogP contribution >= 0.6 is 0 Å². The third-order valence-corrected chi connectivity index (χ3v) is 4.71. The van der Waals surface area contributed by atoms with E-state index in [0.29, 0.717) is 5.56 Å². The van der Waals surface area contributed by atoms with Gasteiger partial charge in [-0.15, -0.1) is 8.78 Å². The second kappa shape index (κ2) is 6.08. The Bertz CT molecular complexity index is 754. The Morgan fingerprint density at radius 3 is 2.73 bits per heavy atom. The molecule has 1 aromatic carbocycles. The van der Waals surface area contributed by atoms with Gasteiger partial charge in [-0.3, -0.25) is 14.9 Å². The molecule has 3 atom stereocenters. The molecular formula is C17H19F2N3O4. The molecular weight excluding hydrogens is 348 g/mol. The molecule has 0 spiro atoms. The van der Waals surface area contributed by atoms with Crippen LogP contribution in [0, 0.1) is 5.92 Å². The first-order valence-corrected chi connectivity index (χ1v) is 8.56. The number of rotatable bonds is 4. The van der Waals surface area contributed by atoms with Gasteiger partial charge in [-0.05, 0) is 43.4 Å². The molecule has 140 valence electrons. The molecule has 26 heavy (non-hydrogen) atoms.